The maximum Gasteiger partial charge on any atom is 0.164 e. The van der Waals surface area contributed by atoms with Gasteiger partial charge in [-0.25, -0.2) is 15.0 Å². The maximum atomic E-state index is 5.27. The molecule has 0 saturated heterocycles. The molecule has 1 aliphatic rings. The van der Waals surface area contributed by atoms with E-state index in [4.69, 9.17) is 15.0 Å². The largest absolute Gasteiger partial charge is 0.208 e. The van der Waals surface area contributed by atoms with Crippen molar-refractivity contribution in [3.8, 4) is 34.2 Å². The van der Waals surface area contributed by atoms with E-state index in [2.05, 4.69) is 143 Å². The van der Waals surface area contributed by atoms with Crippen LogP contribution in [0.5, 0.6) is 0 Å². The van der Waals surface area contributed by atoms with Crippen LogP contribution in [0.15, 0.2) is 115 Å². The molecule has 0 bridgehead atoms. The summed E-state index contributed by atoms with van der Waals surface area (Å²) in [6.07, 6.45) is 2.34. The van der Waals surface area contributed by atoms with Gasteiger partial charge in [-0.3, -0.25) is 0 Å². The van der Waals surface area contributed by atoms with E-state index in [0.29, 0.717) is 17.5 Å². The summed E-state index contributed by atoms with van der Waals surface area (Å²) < 4.78 is 2.56. The lowest BCUT2D eigenvalue weighted by molar-refractivity contribution is 0.332. The van der Waals surface area contributed by atoms with Crippen molar-refractivity contribution in [2.75, 3.05) is 0 Å². The lowest BCUT2D eigenvalue weighted by Gasteiger charge is -2.42. The first-order chi connectivity index (χ1) is 22.7. The van der Waals surface area contributed by atoms with Crippen molar-refractivity contribution < 1.29 is 0 Å². The van der Waals surface area contributed by atoms with E-state index >= 15 is 0 Å². The molecule has 47 heavy (non-hydrogen) atoms. The minimum Gasteiger partial charge on any atom is -0.208 e. The van der Waals surface area contributed by atoms with Gasteiger partial charge in [-0.1, -0.05) is 107 Å². The molecule has 4 heteroatoms. The fraction of sp³-hybridized carbons (Fsp3) is 0.186. The molecule has 6 aromatic carbocycles. The number of rotatable bonds is 3. The Kier molecular flexibility index (Phi) is 6.19. The van der Waals surface area contributed by atoms with Gasteiger partial charge in [-0.15, -0.1) is 11.3 Å². The van der Waals surface area contributed by atoms with Gasteiger partial charge >= 0.3 is 0 Å². The Bertz CT molecular complexity index is 2540. The quantitative estimate of drug-likeness (QED) is 0.183. The van der Waals surface area contributed by atoms with Crippen molar-refractivity contribution in [3.05, 3.63) is 126 Å². The van der Waals surface area contributed by atoms with Crippen molar-refractivity contribution in [1.82, 2.24) is 15.0 Å². The summed E-state index contributed by atoms with van der Waals surface area (Å²) in [6.45, 7) is 9.48. The van der Waals surface area contributed by atoms with Gasteiger partial charge in [-0.05, 0) is 92.7 Å². The highest BCUT2D eigenvalue weighted by atomic mass is 32.1. The van der Waals surface area contributed by atoms with Crippen molar-refractivity contribution in [2.45, 2.75) is 51.4 Å². The maximum absolute atomic E-state index is 5.27. The predicted molar refractivity (Wildman–Crippen MR) is 199 cm³/mol. The first-order valence-electron chi connectivity index (χ1n) is 16.5. The zero-order valence-corrected chi connectivity index (χ0v) is 28.0. The van der Waals surface area contributed by atoms with Crippen LogP contribution in [0.4, 0.5) is 0 Å². The molecule has 0 spiro atoms. The van der Waals surface area contributed by atoms with Crippen LogP contribution < -0.4 is 0 Å². The summed E-state index contributed by atoms with van der Waals surface area (Å²) in [4.78, 5) is 15.7. The summed E-state index contributed by atoms with van der Waals surface area (Å²) >= 11 is 1.83. The van der Waals surface area contributed by atoms with E-state index in [-0.39, 0.29) is 10.8 Å². The third-order valence-corrected chi connectivity index (χ3v) is 11.5. The Morgan fingerprint density at radius 3 is 1.83 bits per heavy atom. The molecule has 2 aromatic heterocycles. The van der Waals surface area contributed by atoms with Gasteiger partial charge in [0.15, 0.2) is 17.5 Å². The topological polar surface area (TPSA) is 38.7 Å². The van der Waals surface area contributed by atoms with E-state index in [1.54, 1.807) is 0 Å². The standard InChI is InChI=1S/C43H35N3S/c1-42(2)21-22-43(3,4)36-25-28(17-19-35(36)42)40-44-39(27-18-20-38-33(24-27)32-15-9-10-16-37(32)47-38)45-41(46-40)34-23-26-11-5-6-12-29(26)30-13-7-8-14-31(30)34/h5-20,23-25H,21-22H2,1-4H3. The molecule has 228 valence electrons. The van der Waals surface area contributed by atoms with Gasteiger partial charge in [0.2, 0.25) is 0 Å². The molecule has 0 aliphatic heterocycles. The average Bonchev–Trinajstić information content (AvgIpc) is 3.48. The van der Waals surface area contributed by atoms with Crippen LogP contribution in [0.3, 0.4) is 0 Å². The van der Waals surface area contributed by atoms with Crippen LogP contribution in [-0.4, -0.2) is 15.0 Å². The average molecular weight is 626 g/mol. The third kappa shape index (κ3) is 4.57. The third-order valence-electron chi connectivity index (χ3n) is 10.4. The Morgan fingerprint density at radius 1 is 0.468 bits per heavy atom. The summed E-state index contributed by atoms with van der Waals surface area (Å²) in [6, 6.07) is 41.6. The van der Waals surface area contributed by atoms with Crippen LogP contribution in [0.1, 0.15) is 51.7 Å². The Balaban J connectivity index is 1.31. The molecule has 0 N–H and O–H groups in total. The van der Waals surface area contributed by atoms with E-state index < -0.39 is 0 Å². The summed E-state index contributed by atoms with van der Waals surface area (Å²) in [7, 11) is 0. The Morgan fingerprint density at radius 2 is 1.04 bits per heavy atom. The molecule has 0 fully saturated rings. The van der Waals surface area contributed by atoms with Crippen molar-refractivity contribution in [2.24, 2.45) is 0 Å². The van der Waals surface area contributed by atoms with Gasteiger partial charge in [0.05, 0.1) is 0 Å². The molecule has 9 rings (SSSR count). The summed E-state index contributed by atoms with van der Waals surface area (Å²) in [5.74, 6) is 2.09. The number of aromatic nitrogens is 3. The molecule has 2 heterocycles. The number of hydrogen-bond donors (Lipinski definition) is 0. The number of hydrogen-bond acceptors (Lipinski definition) is 4. The molecule has 0 amide bonds. The van der Waals surface area contributed by atoms with Crippen molar-refractivity contribution in [1.29, 1.82) is 0 Å². The SMILES string of the molecule is CC1(C)CCC(C)(C)c2cc(-c3nc(-c4ccc5sc6ccccc6c5c4)nc(-c4cc5ccccc5c5ccccc45)n3)ccc21. The Hall–Kier alpha value is -4.93. The highest BCUT2D eigenvalue weighted by Crippen LogP contribution is 2.47. The highest BCUT2D eigenvalue weighted by Gasteiger charge is 2.37. The van der Waals surface area contributed by atoms with E-state index in [1.165, 1.54) is 53.9 Å². The number of thiophene rings is 1. The molecule has 0 unspecified atom stereocenters. The zero-order valence-electron chi connectivity index (χ0n) is 27.1. The molecule has 0 atom stereocenters. The van der Waals surface area contributed by atoms with Gasteiger partial charge in [0.25, 0.3) is 0 Å². The fourth-order valence-corrected chi connectivity index (χ4v) is 8.67. The van der Waals surface area contributed by atoms with Gasteiger partial charge in [0.1, 0.15) is 0 Å². The van der Waals surface area contributed by atoms with Crippen LogP contribution in [0.2, 0.25) is 0 Å². The normalized spacial score (nSPS) is 15.4. The molecular weight excluding hydrogens is 591 g/mol. The van der Waals surface area contributed by atoms with Crippen LogP contribution in [-0.2, 0) is 10.8 Å². The van der Waals surface area contributed by atoms with Gasteiger partial charge in [-0.2, -0.15) is 0 Å². The summed E-state index contributed by atoms with van der Waals surface area (Å²) in [5.41, 5.74) is 6.10. The Labute approximate surface area is 279 Å². The van der Waals surface area contributed by atoms with Crippen LogP contribution >= 0.6 is 11.3 Å². The predicted octanol–water partition coefficient (Wildman–Crippen LogP) is 11.9. The minimum absolute atomic E-state index is 0.0825. The van der Waals surface area contributed by atoms with E-state index in [9.17, 15) is 0 Å². The minimum atomic E-state index is 0.0825. The second-order valence-electron chi connectivity index (χ2n) is 14.3. The van der Waals surface area contributed by atoms with Crippen molar-refractivity contribution in [3.63, 3.8) is 0 Å². The highest BCUT2D eigenvalue weighted by molar-refractivity contribution is 7.25. The van der Waals surface area contributed by atoms with Crippen LogP contribution in [0, 0.1) is 0 Å². The second-order valence-corrected chi connectivity index (χ2v) is 15.4. The molecule has 3 nitrogen and oxygen atoms in total. The molecule has 1 aliphatic carbocycles. The van der Waals surface area contributed by atoms with Gasteiger partial charge < -0.3 is 0 Å². The molecule has 0 saturated carbocycles. The van der Waals surface area contributed by atoms with Gasteiger partial charge in [0, 0.05) is 36.9 Å². The lowest BCUT2D eigenvalue weighted by Crippen LogP contribution is -2.33. The smallest absolute Gasteiger partial charge is 0.164 e. The molecule has 8 aromatic rings. The fourth-order valence-electron chi connectivity index (χ4n) is 7.59. The molecular formula is C43H35N3S. The van der Waals surface area contributed by atoms with Crippen LogP contribution in [0.25, 0.3) is 75.9 Å². The first-order valence-corrected chi connectivity index (χ1v) is 17.3. The zero-order chi connectivity index (χ0) is 31.9. The number of fused-ring (bicyclic) bond motifs is 7. The van der Waals surface area contributed by atoms with E-state index in [1.807, 2.05) is 11.3 Å². The number of nitrogens with zero attached hydrogens (tertiary/aromatic N) is 3. The molecule has 0 radical (unpaired) electrons. The monoisotopic (exact) mass is 625 g/mol. The number of benzene rings is 6. The lowest BCUT2D eigenvalue weighted by atomic mass is 9.63. The second kappa shape index (κ2) is 10.3. The first kappa shape index (κ1) is 28.3. The van der Waals surface area contributed by atoms with Crippen molar-refractivity contribution >= 4 is 53.1 Å². The summed E-state index contributed by atoms with van der Waals surface area (Å²) in [5, 5.41) is 7.25. The van der Waals surface area contributed by atoms with E-state index in [0.717, 1.165) is 28.5 Å².